The van der Waals surface area contributed by atoms with E-state index in [2.05, 4.69) is 14.7 Å². The molecule has 2 heterocycles. The molecule has 0 aliphatic rings. The number of rotatable bonds is 4. The molecule has 0 radical (unpaired) electrons. The van der Waals surface area contributed by atoms with Gasteiger partial charge in [-0.25, -0.2) is 13.4 Å². The summed E-state index contributed by atoms with van der Waals surface area (Å²) >= 11 is 0.801. The molecule has 27 heavy (non-hydrogen) atoms. The molecular weight excluding hydrogens is 401 g/mol. The van der Waals surface area contributed by atoms with Gasteiger partial charge in [0.05, 0.1) is 16.2 Å². The molecule has 0 atom stereocenters. The Hall–Kier alpha value is -2.97. The normalized spacial score (nSPS) is 11.8. The third-order valence-electron chi connectivity index (χ3n) is 3.35. The van der Waals surface area contributed by atoms with E-state index in [1.807, 2.05) is 6.07 Å². The quantitative estimate of drug-likeness (QED) is 0.704. The number of nitrogens with one attached hydrogen (secondary N) is 1. The first-order valence-electron chi connectivity index (χ1n) is 7.23. The highest BCUT2D eigenvalue weighted by Crippen LogP contribution is 2.32. The van der Waals surface area contributed by atoms with Gasteiger partial charge >= 0.3 is 6.18 Å². The molecule has 0 aliphatic heterocycles. The number of pyridine rings is 1. The van der Waals surface area contributed by atoms with Crippen molar-refractivity contribution in [2.75, 3.05) is 4.72 Å². The molecule has 0 aliphatic carbocycles. The molecule has 1 aromatic carbocycles. The van der Waals surface area contributed by atoms with E-state index in [0.29, 0.717) is 17.8 Å². The summed E-state index contributed by atoms with van der Waals surface area (Å²) in [7, 11) is -4.17. The Morgan fingerprint density at radius 1 is 1.11 bits per heavy atom. The lowest BCUT2D eigenvalue weighted by Gasteiger charge is -2.08. The minimum absolute atomic E-state index is 0.0906. The van der Waals surface area contributed by atoms with Crippen LogP contribution < -0.4 is 4.72 Å². The second kappa shape index (κ2) is 6.98. The van der Waals surface area contributed by atoms with Crippen LogP contribution in [-0.4, -0.2) is 18.4 Å². The summed E-state index contributed by atoms with van der Waals surface area (Å²) in [5.74, 6) is 0. The molecule has 6 nitrogen and oxygen atoms in total. The van der Waals surface area contributed by atoms with E-state index < -0.39 is 21.8 Å². The van der Waals surface area contributed by atoms with E-state index in [-0.39, 0.29) is 20.6 Å². The van der Waals surface area contributed by atoms with Crippen molar-refractivity contribution in [2.24, 2.45) is 0 Å². The van der Waals surface area contributed by atoms with Gasteiger partial charge in [0.15, 0.2) is 5.13 Å². The van der Waals surface area contributed by atoms with Crippen LogP contribution in [0, 0.1) is 11.3 Å². The third-order valence-corrected chi connectivity index (χ3v) is 5.71. The van der Waals surface area contributed by atoms with Crippen molar-refractivity contribution < 1.29 is 21.6 Å². The largest absolute Gasteiger partial charge is 0.416 e. The van der Waals surface area contributed by atoms with Gasteiger partial charge in [0.2, 0.25) is 0 Å². The summed E-state index contributed by atoms with van der Waals surface area (Å²) in [6.45, 7) is 0. The Morgan fingerprint density at radius 3 is 2.37 bits per heavy atom. The zero-order valence-electron chi connectivity index (χ0n) is 13.2. The first-order valence-corrected chi connectivity index (χ1v) is 9.53. The molecule has 0 saturated carbocycles. The summed E-state index contributed by atoms with van der Waals surface area (Å²) in [6.07, 6.45) is -3.06. The monoisotopic (exact) mass is 410 g/mol. The van der Waals surface area contributed by atoms with Crippen molar-refractivity contribution in [1.82, 2.24) is 9.97 Å². The predicted octanol–water partition coefficient (Wildman–Crippen LogP) is 3.90. The van der Waals surface area contributed by atoms with E-state index >= 15 is 0 Å². The summed E-state index contributed by atoms with van der Waals surface area (Å²) in [6, 6.07) is 9.96. The van der Waals surface area contributed by atoms with Gasteiger partial charge in [0.25, 0.3) is 10.0 Å². The lowest BCUT2D eigenvalue weighted by Crippen LogP contribution is -2.13. The molecule has 3 rings (SSSR count). The van der Waals surface area contributed by atoms with Gasteiger partial charge in [-0.1, -0.05) is 17.4 Å². The van der Waals surface area contributed by atoms with Crippen molar-refractivity contribution in [2.45, 2.75) is 11.1 Å². The SMILES string of the molecule is N#Cc1sc(NS(=O)(=O)c2ccc(C(F)(F)F)cc2)nc1-c1ccccn1. The lowest BCUT2D eigenvalue weighted by atomic mass is 10.2. The fraction of sp³-hybridized carbons (Fsp3) is 0.0625. The molecule has 0 bridgehead atoms. The third kappa shape index (κ3) is 4.07. The highest BCUT2D eigenvalue weighted by atomic mass is 32.2. The van der Waals surface area contributed by atoms with Crippen LogP contribution in [0.15, 0.2) is 53.6 Å². The number of nitriles is 1. The Morgan fingerprint density at radius 2 is 1.81 bits per heavy atom. The Balaban J connectivity index is 1.91. The smallest absolute Gasteiger partial charge is 0.255 e. The number of anilines is 1. The van der Waals surface area contributed by atoms with Crippen LogP contribution in [-0.2, 0) is 16.2 Å². The van der Waals surface area contributed by atoms with Gasteiger partial charge < -0.3 is 0 Å². The van der Waals surface area contributed by atoms with Crippen LogP contribution in [0.2, 0.25) is 0 Å². The van der Waals surface area contributed by atoms with Crippen LogP contribution in [0.3, 0.4) is 0 Å². The molecule has 11 heteroatoms. The number of hydrogen-bond acceptors (Lipinski definition) is 6. The number of nitrogens with zero attached hydrogens (tertiary/aromatic N) is 3. The van der Waals surface area contributed by atoms with Gasteiger partial charge in [-0.2, -0.15) is 18.4 Å². The molecule has 0 amide bonds. The Kier molecular flexibility index (Phi) is 4.86. The number of benzene rings is 1. The van der Waals surface area contributed by atoms with Crippen LogP contribution in [0.25, 0.3) is 11.4 Å². The first-order chi connectivity index (χ1) is 12.7. The number of aromatic nitrogens is 2. The summed E-state index contributed by atoms with van der Waals surface area (Å²) in [5, 5.41) is 9.13. The zero-order valence-corrected chi connectivity index (χ0v) is 14.9. The first kappa shape index (κ1) is 18.8. The highest BCUT2D eigenvalue weighted by molar-refractivity contribution is 7.93. The fourth-order valence-electron chi connectivity index (χ4n) is 2.11. The maximum absolute atomic E-state index is 12.6. The summed E-state index contributed by atoms with van der Waals surface area (Å²) in [4.78, 5) is 7.94. The minimum atomic E-state index is -4.57. The van der Waals surface area contributed by atoms with Gasteiger partial charge in [-0.3, -0.25) is 9.71 Å². The number of alkyl halides is 3. The van der Waals surface area contributed by atoms with Gasteiger partial charge in [0.1, 0.15) is 16.6 Å². The van der Waals surface area contributed by atoms with Crippen LogP contribution in [0.5, 0.6) is 0 Å². The van der Waals surface area contributed by atoms with Crippen molar-refractivity contribution >= 4 is 26.5 Å². The van der Waals surface area contributed by atoms with E-state index in [9.17, 15) is 26.9 Å². The molecule has 3 aromatic rings. The van der Waals surface area contributed by atoms with Crippen molar-refractivity contribution in [3.8, 4) is 17.5 Å². The number of thiazole rings is 1. The van der Waals surface area contributed by atoms with E-state index in [4.69, 9.17) is 0 Å². The van der Waals surface area contributed by atoms with E-state index in [0.717, 1.165) is 23.5 Å². The Bertz CT molecular complexity index is 1100. The molecule has 2 aromatic heterocycles. The van der Waals surface area contributed by atoms with Crippen LogP contribution in [0.1, 0.15) is 10.4 Å². The molecule has 0 saturated heterocycles. The average molecular weight is 410 g/mol. The van der Waals surface area contributed by atoms with Crippen molar-refractivity contribution in [1.29, 1.82) is 5.26 Å². The van der Waals surface area contributed by atoms with Gasteiger partial charge in [0, 0.05) is 6.20 Å². The topological polar surface area (TPSA) is 95.7 Å². The van der Waals surface area contributed by atoms with E-state index in [1.165, 1.54) is 6.20 Å². The molecule has 1 N–H and O–H groups in total. The fourth-order valence-corrected chi connectivity index (χ4v) is 4.12. The molecule has 0 unspecified atom stereocenters. The minimum Gasteiger partial charge on any atom is -0.255 e. The lowest BCUT2D eigenvalue weighted by molar-refractivity contribution is -0.137. The van der Waals surface area contributed by atoms with Crippen LogP contribution in [0.4, 0.5) is 18.3 Å². The van der Waals surface area contributed by atoms with Crippen molar-refractivity contribution in [3.05, 3.63) is 59.1 Å². The Labute approximate surface area is 156 Å². The maximum Gasteiger partial charge on any atom is 0.416 e. The molecule has 138 valence electrons. The molecular formula is C16H9F3N4O2S2. The van der Waals surface area contributed by atoms with Crippen LogP contribution >= 0.6 is 11.3 Å². The van der Waals surface area contributed by atoms with Gasteiger partial charge in [-0.15, -0.1) is 0 Å². The highest BCUT2D eigenvalue weighted by Gasteiger charge is 2.30. The zero-order chi connectivity index (χ0) is 19.7. The predicted molar refractivity (Wildman–Crippen MR) is 92.3 cm³/mol. The number of hydrogen-bond donors (Lipinski definition) is 1. The second-order valence-electron chi connectivity index (χ2n) is 5.15. The van der Waals surface area contributed by atoms with Gasteiger partial charge in [-0.05, 0) is 36.4 Å². The number of halogens is 3. The average Bonchev–Trinajstić information content (AvgIpc) is 3.04. The van der Waals surface area contributed by atoms with Crippen molar-refractivity contribution in [3.63, 3.8) is 0 Å². The number of sulfonamides is 1. The summed E-state index contributed by atoms with van der Waals surface area (Å²) < 4.78 is 64.7. The molecule has 0 fully saturated rings. The summed E-state index contributed by atoms with van der Waals surface area (Å²) in [5.41, 5.74) is -0.349. The maximum atomic E-state index is 12.6. The standard InChI is InChI=1S/C16H9F3N4O2S2/c17-16(18,19)10-4-6-11(7-5-10)27(24,25)23-15-22-14(13(9-20)26-15)12-3-1-2-8-21-12/h1-8H,(H,22,23). The second-order valence-corrected chi connectivity index (χ2v) is 7.83. The van der Waals surface area contributed by atoms with E-state index in [1.54, 1.807) is 18.2 Å². The molecule has 0 spiro atoms.